The van der Waals surface area contributed by atoms with Crippen molar-refractivity contribution in [2.24, 2.45) is 0 Å². The van der Waals surface area contributed by atoms with Gasteiger partial charge >= 0.3 is 0 Å². The molecule has 1 aromatic carbocycles. The minimum atomic E-state index is -0.159. The van der Waals surface area contributed by atoms with Gasteiger partial charge < -0.3 is 9.73 Å². The molecule has 2 aromatic heterocycles. The lowest BCUT2D eigenvalue weighted by atomic mass is 10.2. The Kier molecular flexibility index (Phi) is 6.35. The van der Waals surface area contributed by atoms with Crippen LogP contribution >= 0.6 is 11.6 Å². The maximum Gasteiger partial charge on any atom is 0.270 e. The van der Waals surface area contributed by atoms with Gasteiger partial charge in [0.1, 0.15) is 17.1 Å². The summed E-state index contributed by atoms with van der Waals surface area (Å²) in [4.78, 5) is 12.8. The number of aryl methyl sites for hydroxylation is 1. The van der Waals surface area contributed by atoms with Crippen LogP contribution in [-0.2, 0) is 0 Å². The molecule has 142 valence electrons. The van der Waals surface area contributed by atoms with Gasteiger partial charge in [-0.1, -0.05) is 43.9 Å². The van der Waals surface area contributed by atoms with Crippen molar-refractivity contribution in [2.45, 2.75) is 39.5 Å². The molecule has 0 spiro atoms. The van der Waals surface area contributed by atoms with Gasteiger partial charge in [-0.2, -0.15) is 5.10 Å². The summed E-state index contributed by atoms with van der Waals surface area (Å²) in [6.07, 6.45) is 4.43. The second-order valence-electron chi connectivity index (χ2n) is 6.53. The number of hydrogen-bond donors (Lipinski definition) is 1. The molecule has 0 radical (unpaired) electrons. The molecule has 27 heavy (non-hydrogen) atoms. The summed E-state index contributed by atoms with van der Waals surface area (Å²) in [5, 5.41) is 8.16. The quantitative estimate of drug-likeness (QED) is 0.528. The molecule has 1 N–H and O–H groups in total. The molecule has 0 unspecified atom stereocenters. The van der Waals surface area contributed by atoms with Crippen LogP contribution in [0.2, 0.25) is 5.02 Å². The van der Waals surface area contributed by atoms with Crippen LogP contribution in [0.25, 0.3) is 17.1 Å². The molecule has 0 atom stereocenters. The predicted octanol–water partition coefficient (Wildman–Crippen LogP) is 5.40. The van der Waals surface area contributed by atoms with Crippen LogP contribution in [-0.4, -0.2) is 22.2 Å². The standard InChI is InChI=1S/C21H24ClN3O2/c1-3-4-5-6-12-23-21(26)19-14-18(20-11-10-15(2)27-20)24-25(19)17-9-7-8-16(22)13-17/h7-11,13-14H,3-6,12H2,1-2H3,(H,23,26). The van der Waals surface area contributed by atoms with Crippen molar-refractivity contribution in [2.75, 3.05) is 6.54 Å². The highest BCUT2D eigenvalue weighted by molar-refractivity contribution is 6.30. The predicted molar refractivity (Wildman–Crippen MR) is 107 cm³/mol. The normalized spacial score (nSPS) is 10.9. The summed E-state index contributed by atoms with van der Waals surface area (Å²) in [6, 6.07) is 12.8. The van der Waals surface area contributed by atoms with Gasteiger partial charge in [-0.05, 0) is 43.7 Å². The van der Waals surface area contributed by atoms with E-state index in [9.17, 15) is 4.79 Å². The van der Waals surface area contributed by atoms with Crippen molar-refractivity contribution < 1.29 is 9.21 Å². The van der Waals surface area contributed by atoms with E-state index < -0.39 is 0 Å². The van der Waals surface area contributed by atoms with Crippen LogP contribution in [0.4, 0.5) is 0 Å². The summed E-state index contributed by atoms with van der Waals surface area (Å²) >= 11 is 6.13. The first-order valence-corrected chi connectivity index (χ1v) is 9.67. The molecule has 0 saturated heterocycles. The fourth-order valence-electron chi connectivity index (χ4n) is 2.88. The lowest BCUT2D eigenvalue weighted by molar-refractivity contribution is 0.0945. The van der Waals surface area contributed by atoms with Crippen LogP contribution in [0.1, 0.15) is 48.9 Å². The number of amides is 1. The maximum atomic E-state index is 12.8. The second-order valence-corrected chi connectivity index (χ2v) is 6.97. The number of unbranched alkanes of at least 4 members (excludes halogenated alkanes) is 3. The third-order valence-electron chi connectivity index (χ3n) is 4.30. The van der Waals surface area contributed by atoms with Crippen molar-refractivity contribution in [3.8, 4) is 17.1 Å². The molecular formula is C21H24ClN3O2. The number of carbonyl (C=O) groups excluding carboxylic acids is 1. The van der Waals surface area contributed by atoms with Crippen molar-refractivity contribution >= 4 is 17.5 Å². The van der Waals surface area contributed by atoms with Crippen LogP contribution in [0.15, 0.2) is 46.9 Å². The van der Waals surface area contributed by atoms with E-state index in [1.54, 1.807) is 22.9 Å². The Labute approximate surface area is 164 Å². The number of carbonyl (C=O) groups is 1. The number of halogens is 1. The summed E-state index contributed by atoms with van der Waals surface area (Å²) < 4.78 is 7.28. The Hall–Kier alpha value is -2.53. The van der Waals surface area contributed by atoms with E-state index in [0.717, 1.165) is 24.3 Å². The van der Waals surface area contributed by atoms with Gasteiger partial charge in [-0.15, -0.1) is 0 Å². The maximum absolute atomic E-state index is 12.8. The molecule has 0 aliphatic heterocycles. The monoisotopic (exact) mass is 385 g/mol. The minimum absolute atomic E-state index is 0.159. The Morgan fingerprint density at radius 3 is 2.74 bits per heavy atom. The largest absolute Gasteiger partial charge is 0.460 e. The third kappa shape index (κ3) is 4.80. The number of furan rings is 1. The lowest BCUT2D eigenvalue weighted by Gasteiger charge is -2.08. The van der Waals surface area contributed by atoms with Crippen LogP contribution in [0.3, 0.4) is 0 Å². The zero-order valence-corrected chi connectivity index (χ0v) is 16.4. The van der Waals surface area contributed by atoms with Crippen LogP contribution in [0, 0.1) is 6.92 Å². The highest BCUT2D eigenvalue weighted by Gasteiger charge is 2.19. The fourth-order valence-corrected chi connectivity index (χ4v) is 3.07. The highest BCUT2D eigenvalue weighted by atomic mass is 35.5. The SMILES string of the molecule is CCCCCCNC(=O)c1cc(-c2ccc(C)o2)nn1-c1cccc(Cl)c1. The Balaban J connectivity index is 1.88. The molecule has 2 heterocycles. The zero-order chi connectivity index (χ0) is 19.2. The van der Waals surface area contributed by atoms with E-state index in [2.05, 4.69) is 17.3 Å². The minimum Gasteiger partial charge on any atom is -0.460 e. The van der Waals surface area contributed by atoms with E-state index in [1.807, 2.05) is 31.2 Å². The molecule has 3 rings (SSSR count). The average molecular weight is 386 g/mol. The zero-order valence-electron chi connectivity index (χ0n) is 15.7. The van der Waals surface area contributed by atoms with Gasteiger partial charge in [0.2, 0.25) is 0 Å². The first-order valence-electron chi connectivity index (χ1n) is 9.29. The molecular weight excluding hydrogens is 362 g/mol. The Bertz CT molecular complexity index is 914. The van der Waals surface area contributed by atoms with Crippen LogP contribution in [0.5, 0.6) is 0 Å². The van der Waals surface area contributed by atoms with Gasteiger partial charge in [-0.25, -0.2) is 4.68 Å². The molecule has 0 aliphatic rings. The van der Waals surface area contributed by atoms with Crippen LogP contribution < -0.4 is 5.32 Å². The summed E-state index contributed by atoms with van der Waals surface area (Å²) in [7, 11) is 0. The molecule has 0 aliphatic carbocycles. The van der Waals surface area contributed by atoms with E-state index in [1.165, 1.54) is 12.8 Å². The number of benzene rings is 1. The number of nitrogens with zero attached hydrogens (tertiary/aromatic N) is 2. The Morgan fingerprint density at radius 2 is 2.04 bits per heavy atom. The van der Waals surface area contributed by atoms with Gasteiger partial charge in [0, 0.05) is 17.6 Å². The first-order chi connectivity index (χ1) is 13.1. The third-order valence-corrected chi connectivity index (χ3v) is 4.54. The number of rotatable bonds is 8. The molecule has 3 aromatic rings. The number of aromatic nitrogens is 2. The van der Waals surface area contributed by atoms with Crippen molar-refractivity contribution in [1.29, 1.82) is 0 Å². The van der Waals surface area contributed by atoms with Crippen molar-refractivity contribution in [3.63, 3.8) is 0 Å². The topological polar surface area (TPSA) is 60.1 Å². The summed E-state index contributed by atoms with van der Waals surface area (Å²) in [5.74, 6) is 1.27. The van der Waals surface area contributed by atoms with Gasteiger partial charge in [0.25, 0.3) is 5.91 Å². The van der Waals surface area contributed by atoms with E-state index >= 15 is 0 Å². The smallest absolute Gasteiger partial charge is 0.270 e. The van der Waals surface area contributed by atoms with E-state index in [-0.39, 0.29) is 5.91 Å². The molecule has 5 nitrogen and oxygen atoms in total. The summed E-state index contributed by atoms with van der Waals surface area (Å²) in [5.41, 5.74) is 1.80. The van der Waals surface area contributed by atoms with Gasteiger partial charge in [-0.3, -0.25) is 4.79 Å². The van der Waals surface area contributed by atoms with Gasteiger partial charge in [0.15, 0.2) is 5.76 Å². The fraction of sp³-hybridized carbons (Fsp3) is 0.333. The second kappa shape index (κ2) is 8.91. The van der Waals surface area contributed by atoms with Crippen molar-refractivity contribution in [3.05, 3.63) is 58.9 Å². The first kappa shape index (κ1) is 19.2. The molecule has 0 bridgehead atoms. The molecule has 0 saturated carbocycles. The lowest BCUT2D eigenvalue weighted by Crippen LogP contribution is -2.26. The highest BCUT2D eigenvalue weighted by Crippen LogP contribution is 2.24. The molecule has 6 heteroatoms. The van der Waals surface area contributed by atoms with Gasteiger partial charge in [0.05, 0.1) is 5.69 Å². The van der Waals surface area contributed by atoms with E-state index in [4.69, 9.17) is 16.0 Å². The summed E-state index contributed by atoms with van der Waals surface area (Å²) in [6.45, 7) is 4.69. The Morgan fingerprint density at radius 1 is 1.19 bits per heavy atom. The van der Waals surface area contributed by atoms with E-state index in [0.29, 0.717) is 28.7 Å². The molecule has 1 amide bonds. The van der Waals surface area contributed by atoms with Crippen molar-refractivity contribution in [1.82, 2.24) is 15.1 Å². The number of hydrogen-bond acceptors (Lipinski definition) is 3. The average Bonchev–Trinajstić information content (AvgIpc) is 3.28. The molecule has 0 fully saturated rings. The number of nitrogens with one attached hydrogen (secondary N) is 1.